The minimum absolute atomic E-state index is 0.361. The lowest BCUT2D eigenvalue weighted by atomic mass is 9.92. The Labute approximate surface area is 157 Å². The van der Waals surface area contributed by atoms with Gasteiger partial charge in [-0.3, -0.25) is 0 Å². The predicted molar refractivity (Wildman–Crippen MR) is 110 cm³/mol. The van der Waals surface area contributed by atoms with Crippen LogP contribution >= 0.6 is 0 Å². The van der Waals surface area contributed by atoms with Crippen LogP contribution in [0.15, 0.2) is 67.3 Å². The third-order valence-corrected chi connectivity index (χ3v) is 5.12. The van der Waals surface area contributed by atoms with E-state index in [1.807, 2.05) is 12.5 Å². The molecule has 0 radical (unpaired) electrons. The van der Waals surface area contributed by atoms with E-state index in [4.69, 9.17) is 0 Å². The quantitative estimate of drug-likeness (QED) is 0.423. The van der Waals surface area contributed by atoms with Gasteiger partial charge in [0.05, 0.1) is 12.4 Å². The molecule has 0 aliphatic heterocycles. The summed E-state index contributed by atoms with van der Waals surface area (Å²) in [5, 5.41) is 0. The zero-order chi connectivity index (χ0) is 18.2. The summed E-state index contributed by atoms with van der Waals surface area (Å²) in [5.41, 5.74) is 5.54. The molecule has 2 nitrogen and oxygen atoms in total. The van der Waals surface area contributed by atoms with Crippen LogP contribution in [0.1, 0.15) is 63.1 Å². The minimum atomic E-state index is 0.361. The van der Waals surface area contributed by atoms with Gasteiger partial charge < -0.3 is 4.57 Å². The van der Waals surface area contributed by atoms with Crippen molar-refractivity contribution in [3.8, 4) is 11.1 Å². The molecule has 0 saturated carbocycles. The molecule has 0 aliphatic carbocycles. The van der Waals surface area contributed by atoms with Crippen molar-refractivity contribution in [2.75, 3.05) is 0 Å². The van der Waals surface area contributed by atoms with Crippen LogP contribution in [0.25, 0.3) is 11.1 Å². The van der Waals surface area contributed by atoms with Gasteiger partial charge in [-0.15, -0.1) is 0 Å². The molecule has 3 rings (SSSR count). The van der Waals surface area contributed by atoms with Gasteiger partial charge in [0.25, 0.3) is 0 Å². The van der Waals surface area contributed by atoms with Crippen LogP contribution in [0.4, 0.5) is 0 Å². The van der Waals surface area contributed by atoms with Gasteiger partial charge in [0.2, 0.25) is 0 Å². The van der Waals surface area contributed by atoms with Gasteiger partial charge in [-0.05, 0) is 47.6 Å². The highest BCUT2D eigenvalue weighted by atomic mass is 15.0. The lowest BCUT2D eigenvalue weighted by Crippen LogP contribution is -2.09. The smallest absolute Gasteiger partial charge is 0.0951 e. The van der Waals surface area contributed by atoms with Crippen LogP contribution in [0.5, 0.6) is 0 Å². The third-order valence-electron chi connectivity index (χ3n) is 5.12. The second-order valence-electron chi connectivity index (χ2n) is 7.05. The van der Waals surface area contributed by atoms with E-state index in [2.05, 4.69) is 78.1 Å². The Balaban J connectivity index is 1.95. The molecular weight excluding hydrogens is 316 g/mol. The van der Waals surface area contributed by atoms with E-state index in [1.165, 1.54) is 47.9 Å². The van der Waals surface area contributed by atoms with Gasteiger partial charge >= 0.3 is 0 Å². The van der Waals surface area contributed by atoms with Crippen LogP contribution in [-0.4, -0.2) is 9.55 Å². The van der Waals surface area contributed by atoms with E-state index >= 15 is 0 Å². The summed E-state index contributed by atoms with van der Waals surface area (Å²) in [7, 11) is 0. The molecule has 136 valence electrons. The molecule has 2 heteroatoms. The number of imidazole rings is 1. The van der Waals surface area contributed by atoms with Gasteiger partial charge in [-0.2, -0.15) is 0 Å². The number of hydrogen-bond donors (Lipinski definition) is 0. The van der Waals surface area contributed by atoms with E-state index in [0.717, 1.165) is 12.8 Å². The van der Waals surface area contributed by atoms with Crippen LogP contribution < -0.4 is 0 Å². The van der Waals surface area contributed by atoms with Crippen molar-refractivity contribution in [2.24, 2.45) is 0 Å². The zero-order valence-corrected chi connectivity index (χ0v) is 16.1. The maximum atomic E-state index is 4.27. The lowest BCUT2D eigenvalue weighted by molar-refractivity contribution is 0.515. The Bertz CT molecular complexity index is 789. The SMILES string of the molecule is CCCCc1ccccc1-c1cccc(C(CCCC)n2ccnc2)c1. The van der Waals surface area contributed by atoms with Crippen molar-refractivity contribution in [1.82, 2.24) is 9.55 Å². The predicted octanol–water partition coefficient (Wildman–Crippen LogP) is 6.67. The molecule has 2 aromatic carbocycles. The number of unbranched alkanes of at least 4 members (excludes halogenated alkanes) is 2. The monoisotopic (exact) mass is 346 g/mol. The summed E-state index contributed by atoms with van der Waals surface area (Å²) in [5.74, 6) is 0. The first-order chi connectivity index (χ1) is 12.8. The maximum Gasteiger partial charge on any atom is 0.0951 e. The Morgan fingerprint density at radius 3 is 2.58 bits per heavy atom. The molecular formula is C24H30N2. The van der Waals surface area contributed by atoms with Crippen LogP contribution in [-0.2, 0) is 6.42 Å². The molecule has 0 spiro atoms. The van der Waals surface area contributed by atoms with Crippen LogP contribution in [0.3, 0.4) is 0 Å². The fourth-order valence-electron chi connectivity index (χ4n) is 3.64. The van der Waals surface area contributed by atoms with Crippen LogP contribution in [0.2, 0.25) is 0 Å². The first-order valence-corrected chi connectivity index (χ1v) is 9.99. The first kappa shape index (κ1) is 18.4. The van der Waals surface area contributed by atoms with Gasteiger partial charge in [0, 0.05) is 12.4 Å². The van der Waals surface area contributed by atoms with E-state index in [1.54, 1.807) is 0 Å². The molecule has 0 fully saturated rings. The lowest BCUT2D eigenvalue weighted by Gasteiger charge is -2.20. The molecule has 0 bridgehead atoms. The summed E-state index contributed by atoms with van der Waals surface area (Å²) in [6, 6.07) is 18.3. The third kappa shape index (κ3) is 4.43. The average molecular weight is 347 g/mol. The molecule has 0 N–H and O–H groups in total. The first-order valence-electron chi connectivity index (χ1n) is 9.99. The summed E-state index contributed by atoms with van der Waals surface area (Å²) in [6.45, 7) is 4.51. The van der Waals surface area contributed by atoms with Crippen LogP contribution in [0, 0.1) is 0 Å². The topological polar surface area (TPSA) is 17.8 Å². The molecule has 1 unspecified atom stereocenters. The highest BCUT2D eigenvalue weighted by molar-refractivity contribution is 5.68. The Hall–Kier alpha value is -2.35. The molecule has 0 amide bonds. The van der Waals surface area contributed by atoms with E-state index in [-0.39, 0.29) is 0 Å². The minimum Gasteiger partial charge on any atom is -0.330 e. The number of rotatable bonds is 9. The highest BCUT2D eigenvalue weighted by Gasteiger charge is 2.14. The summed E-state index contributed by atoms with van der Waals surface area (Å²) >= 11 is 0. The number of aromatic nitrogens is 2. The van der Waals surface area contributed by atoms with Crippen molar-refractivity contribution in [3.63, 3.8) is 0 Å². The normalized spacial score (nSPS) is 12.2. The molecule has 3 aromatic rings. The second-order valence-corrected chi connectivity index (χ2v) is 7.05. The molecule has 0 aliphatic rings. The second kappa shape index (κ2) is 9.38. The average Bonchev–Trinajstić information content (AvgIpc) is 3.22. The molecule has 1 aromatic heterocycles. The van der Waals surface area contributed by atoms with Gasteiger partial charge in [0.15, 0.2) is 0 Å². The number of hydrogen-bond acceptors (Lipinski definition) is 1. The summed E-state index contributed by atoms with van der Waals surface area (Å²) < 4.78 is 2.25. The zero-order valence-electron chi connectivity index (χ0n) is 16.1. The van der Waals surface area contributed by atoms with Gasteiger partial charge in [0.1, 0.15) is 0 Å². The maximum absolute atomic E-state index is 4.27. The Morgan fingerprint density at radius 1 is 0.962 bits per heavy atom. The van der Waals surface area contributed by atoms with E-state index < -0.39 is 0 Å². The summed E-state index contributed by atoms with van der Waals surface area (Å²) in [4.78, 5) is 4.27. The molecule has 1 atom stereocenters. The van der Waals surface area contributed by atoms with E-state index in [9.17, 15) is 0 Å². The van der Waals surface area contributed by atoms with E-state index in [0.29, 0.717) is 6.04 Å². The standard InChI is InChI=1S/C24H30N2/c1-3-5-10-20-11-7-8-14-23(20)21-12-9-13-22(18-21)24(15-6-4-2)26-17-16-25-19-26/h7-9,11-14,16-19,24H,3-6,10,15H2,1-2H3. The van der Waals surface area contributed by atoms with Gasteiger partial charge in [-0.25, -0.2) is 4.98 Å². The highest BCUT2D eigenvalue weighted by Crippen LogP contribution is 2.30. The van der Waals surface area contributed by atoms with Crippen molar-refractivity contribution < 1.29 is 0 Å². The fourth-order valence-corrected chi connectivity index (χ4v) is 3.64. The largest absolute Gasteiger partial charge is 0.330 e. The van der Waals surface area contributed by atoms with Crippen molar-refractivity contribution in [1.29, 1.82) is 0 Å². The molecule has 26 heavy (non-hydrogen) atoms. The van der Waals surface area contributed by atoms with Crippen molar-refractivity contribution >= 4 is 0 Å². The van der Waals surface area contributed by atoms with Crippen molar-refractivity contribution in [2.45, 2.75) is 58.4 Å². The molecule has 1 heterocycles. The Morgan fingerprint density at radius 2 is 1.81 bits per heavy atom. The Kier molecular flexibility index (Phi) is 6.65. The molecule has 0 saturated heterocycles. The van der Waals surface area contributed by atoms with Crippen molar-refractivity contribution in [3.05, 3.63) is 78.4 Å². The summed E-state index contributed by atoms with van der Waals surface area (Å²) in [6.07, 6.45) is 13.1. The fraction of sp³-hybridized carbons (Fsp3) is 0.375. The number of aryl methyl sites for hydroxylation is 1. The number of benzene rings is 2. The van der Waals surface area contributed by atoms with Gasteiger partial charge in [-0.1, -0.05) is 75.6 Å². The number of nitrogens with zero attached hydrogens (tertiary/aromatic N) is 2.